The van der Waals surface area contributed by atoms with Gasteiger partial charge in [-0.2, -0.15) is 0 Å². The first-order valence-electron chi connectivity index (χ1n) is 10.4. The molecule has 0 spiro atoms. The average molecular weight is 398 g/mol. The number of phenols is 1. The second-order valence-electron chi connectivity index (χ2n) is 9.49. The number of phenolic OH excluding ortho intramolecular Hbond substituents is 1. The third-order valence-electron chi connectivity index (χ3n) is 7.39. The van der Waals surface area contributed by atoms with Crippen molar-refractivity contribution in [1.82, 2.24) is 0 Å². The maximum Gasteiger partial charge on any atom is 0.331 e. The average Bonchev–Trinajstić information content (AvgIpc) is 3.06. The fourth-order valence-electron chi connectivity index (χ4n) is 5.87. The highest BCUT2D eigenvalue weighted by atomic mass is 16.6. The van der Waals surface area contributed by atoms with Gasteiger partial charge in [0.1, 0.15) is 11.9 Å². The number of fused-ring (bicyclic) bond motifs is 3. The predicted octanol–water partition coefficient (Wildman–Crippen LogP) is 4.05. The largest absolute Gasteiger partial charge is 0.508 e. The highest BCUT2D eigenvalue weighted by Crippen LogP contribution is 2.62. The molecule has 0 bridgehead atoms. The molecule has 1 saturated carbocycles. The van der Waals surface area contributed by atoms with Gasteiger partial charge in [-0.1, -0.05) is 39.0 Å². The molecule has 3 aliphatic rings. The maximum atomic E-state index is 12.6. The van der Waals surface area contributed by atoms with E-state index in [4.69, 9.17) is 9.47 Å². The third kappa shape index (κ3) is 3.51. The first-order chi connectivity index (χ1) is 13.7. The van der Waals surface area contributed by atoms with E-state index >= 15 is 0 Å². The van der Waals surface area contributed by atoms with Crippen LogP contribution in [-0.4, -0.2) is 35.2 Å². The molecule has 2 fully saturated rings. The smallest absolute Gasteiger partial charge is 0.331 e. The van der Waals surface area contributed by atoms with E-state index in [0.717, 1.165) is 30.4 Å². The zero-order valence-corrected chi connectivity index (χ0v) is 17.3. The van der Waals surface area contributed by atoms with Gasteiger partial charge in [0.15, 0.2) is 6.29 Å². The molecule has 5 heteroatoms. The molecule has 2 N–H and O–H groups in total. The quantitative estimate of drug-likeness (QED) is 0.456. The lowest BCUT2D eigenvalue weighted by molar-refractivity contribution is -0.197. The molecule has 1 aromatic rings. The molecule has 1 aromatic carbocycles. The van der Waals surface area contributed by atoms with Gasteiger partial charge in [-0.25, -0.2) is 4.79 Å². The first kappa shape index (κ1) is 20.2. The van der Waals surface area contributed by atoms with E-state index in [1.807, 2.05) is 0 Å². The monoisotopic (exact) mass is 398 g/mol. The van der Waals surface area contributed by atoms with Crippen LogP contribution < -0.4 is 0 Å². The molecule has 1 aliphatic heterocycles. The van der Waals surface area contributed by atoms with Crippen LogP contribution in [-0.2, 0) is 14.3 Å². The molecule has 1 saturated heterocycles. The van der Waals surface area contributed by atoms with Crippen molar-refractivity contribution in [1.29, 1.82) is 0 Å². The number of hydrogen-bond acceptors (Lipinski definition) is 5. The van der Waals surface area contributed by atoms with E-state index in [2.05, 4.69) is 26.8 Å². The summed E-state index contributed by atoms with van der Waals surface area (Å²) >= 11 is 0. The molecule has 0 amide bonds. The molecule has 0 radical (unpaired) electrons. The molecule has 29 heavy (non-hydrogen) atoms. The van der Waals surface area contributed by atoms with Crippen molar-refractivity contribution in [2.45, 2.75) is 52.4 Å². The molecule has 156 valence electrons. The Labute approximate surface area is 172 Å². The van der Waals surface area contributed by atoms with Crippen molar-refractivity contribution < 1.29 is 24.5 Å². The van der Waals surface area contributed by atoms with Crippen molar-refractivity contribution >= 4 is 12.0 Å². The molecule has 0 unspecified atom stereocenters. The highest BCUT2D eigenvalue weighted by molar-refractivity contribution is 5.87. The molecule has 1 heterocycles. The summed E-state index contributed by atoms with van der Waals surface area (Å²) in [5.74, 6) is -0.0355. The lowest BCUT2D eigenvalue weighted by atomic mass is 9.47. The van der Waals surface area contributed by atoms with Gasteiger partial charge in [0, 0.05) is 17.4 Å². The topological polar surface area (TPSA) is 76.0 Å². The number of esters is 1. The maximum absolute atomic E-state index is 12.6. The number of benzene rings is 1. The van der Waals surface area contributed by atoms with Crippen LogP contribution in [0, 0.1) is 22.7 Å². The van der Waals surface area contributed by atoms with Gasteiger partial charge in [-0.05, 0) is 59.9 Å². The zero-order valence-electron chi connectivity index (χ0n) is 17.3. The molecule has 0 aromatic heterocycles. The number of allylic oxidation sites excluding steroid dienone is 1. The second kappa shape index (κ2) is 7.29. The van der Waals surface area contributed by atoms with E-state index in [1.165, 1.54) is 6.08 Å². The zero-order chi connectivity index (χ0) is 20.8. The number of aliphatic hydroxyl groups excluding tert-OH is 1. The Morgan fingerprint density at radius 2 is 1.97 bits per heavy atom. The van der Waals surface area contributed by atoms with Gasteiger partial charge < -0.3 is 19.7 Å². The number of ether oxygens (including phenoxy) is 2. The molecule has 4 rings (SSSR count). The standard InChI is InChI=1S/C24H30O5/c1-23(2)13-12-19(29-20(26)11-6-15-4-8-17(25)9-5-15)24(3)18(23)10-7-16-14-28-22(27)21(16)24/h4-9,11,18-19,21-22,25,27H,10,12-14H2,1-3H3/b11-6+/t18-,19+,21+,22-,24+/m0/s1. The van der Waals surface area contributed by atoms with Crippen LogP contribution in [0.1, 0.15) is 45.6 Å². The third-order valence-corrected chi connectivity index (χ3v) is 7.39. The Bertz CT molecular complexity index is 837. The van der Waals surface area contributed by atoms with Gasteiger partial charge in [-0.15, -0.1) is 0 Å². The van der Waals surface area contributed by atoms with Gasteiger partial charge >= 0.3 is 5.97 Å². The minimum Gasteiger partial charge on any atom is -0.508 e. The van der Waals surface area contributed by atoms with E-state index in [-0.39, 0.29) is 34.6 Å². The molecule has 5 nitrogen and oxygen atoms in total. The number of rotatable bonds is 3. The van der Waals surface area contributed by atoms with Crippen LogP contribution in [0.25, 0.3) is 6.08 Å². The number of hydrogen-bond donors (Lipinski definition) is 2. The number of carbonyl (C=O) groups excluding carboxylic acids is 1. The summed E-state index contributed by atoms with van der Waals surface area (Å²) in [6.07, 6.45) is 6.89. The van der Waals surface area contributed by atoms with E-state index in [1.54, 1.807) is 30.3 Å². The number of aliphatic hydroxyl groups is 1. The summed E-state index contributed by atoms with van der Waals surface area (Å²) in [4.78, 5) is 12.6. The van der Waals surface area contributed by atoms with Crippen LogP contribution in [0.2, 0.25) is 0 Å². The van der Waals surface area contributed by atoms with Crippen molar-refractivity contribution in [3.05, 3.63) is 47.6 Å². The van der Waals surface area contributed by atoms with Crippen molar-refractivity contribution in [3.63, 3.8) is 0 Å². The summed E-state index contributed by atoms with van der Waals surface area (Å²) in [5.41, 5.74) is 1.68. The minimum atomic E-state index is -0.850. The van der Waals surface area contributed by atoms with Crippen LogP contribution >= 0.6 is 0 Å². The Kier molecular flexibility index (Phi) is 5.07. The lowest BCUT2D eigenvalue weighted by Gasteiger charge is -2.58. The van der Waals surface area contributed by atoms with E-state index in [9.17, 15) is 15.0 Å². The van der Waals surface area contributed by atoms with Crippen LogP contribution in [0.5, 0.6) is 5.75 Å². The van der Waals surface area contributed by atoms with Gasteiger partial charge in [0.25, 0.3) is 0 Å². The van der Waals surface area contributed by atoms with Crippen molar-refractivity contribution in [3.8, 4) is 5.75 Å². The molecular weight excluding hydrogens is 368 g/mol. The van der Waals surface area contributed by atoms with Gasteiger partial charge in [0.2, 0.25) is 0 Å². The Hall–Kier alpha value is -2.11. The summed E-state index contributed by atoms with van der Waals surface area (Å²) in [6, 6.07) is 6.64. The van der Waals surface area contributed by atoms with E-state index in [0.29, 0.717) is 12.5 Å². The Morgan fingerprint density at radius 1 is 1.24 bits per heavy atom. The summed E-state index contributed by atoms with van der Waals surface area (Å²) < 4.78 is 11.6. The summed E-state index contributed by atoms with van der Waals surface area (Å²) in [6.45, 7) is 7.17. The SMILES string of the molecule is CC1(C)CC[C@@H](OC(=O)/C=C/c2ccc(O)cc2)[C@]2(C)[C@@H]3C(=CC[C@@H]12)CO[C@@H]3O. The normalized spacial score (nSPS) is 35.7. The van der Waals surface area contributed by atoms with Crippen molar-refractivity contribution in [2.75, 3.05) is 6.61 Å². The molecular formula is C24H30O5. The summed E-state index contributed by atoms with van der Waals surface area (Å²) in [7, 11) is 0. The fraction of sp³-hybridized carbons (Fsp3) is 0.542. The lowest BCUT2D eigenvalue weighted by Crippen LogP contribution is -2.58. The fourth-order valence-corrected chi connectivity index (χ4v) is 5.87. The first-order valence-corrected chi connectivity index (χ1v) is 10.4. The molecule has 5 atom stereocenters. The second-order valence-corrected chi connectivity index (χ2v) is 9.49. The summed E-state index contributed by atoms with van der Waals surface area (Å²) in [5, 5.41) is 20.0. The van der Waals surface area contributed by atoms with Crippen LogP contribution in [0.3, 0.4) is 0 Å². The number of aromatic hydroxyl groups is 1. The van der Waals surface area contributed by atoms with E-state index < -0.39 is 6.29 Å². The van der Waals surface area contributed by atoms with Crippen LogP contribution in [0.15, 0.2) is 42.0 Å². The van der Waals surface area contributed by atoms with Gasteiger partial charge in [0.05, 0.1) is 6.61 Å². The predicted molar refractivity (Wildman–Crippen MR) is 110 cm³/mol. The van der Waals surface area contributed by atoms with Gasteiger partial charge in [-0.3, -0.25) is 0 Å². The Morgan fingerprint density at radius 3 is 2.69 bits per heavy atom. The van der Waals surface area contributed by atoms with Crippen molar-refractivity contribution in [2.24, 2.45) is 22.7 Å². The minimum absolute atomic E-state index is 0.101. The van der Waals surface area contributed by atoms with Crippen LogP contribution in [0.4, 0.5) is 0 Å². The number of carbonyl (C=O) groups is 1. The Balaban J connectivity index is 1.57. The molecule has 2 aliphatic carbocycles. The highest BCUT2D eigenvalue weighted by Gasteiger charge is 2.61.